The molecule has 0 aliphatic carbocycles. The van der Waals surface area contributed by atoms with Crippen molar-refractivity contribution in [3.05, 3.63) is 48.0 Å². The van der Waals surface area contributed by atoms with Crippen molar-refractivity contribution in [2.45, 2.75) is 38.6 Å². The maximum absolute atomic E-state index is 5.26. The number of aromatic nitrogens is 2. The molecule has 1 fully saturated rings. The molecule has 7 heteroatoms. The van der Waals surface area contributed by atoms with E-state index in [-0.39, 0.29) is 24.0 Å². The van der Waals surface area contributed by atoms with Gasteiger partial charge in [-0.15, -0.1) is 24.0 Å². The number of likely N-dealkylation sites (tertiary alicyclic amines) is 1. The minimum absolute atomic E-state index is 0. The molecule has 1 aromatic heterocycles. The first-order valence-corrected chi connectivity index (χ1v) is 9.78. The van der Waals surface area contributed by atoms with Crippen LogP contribution in [0.4, 0.5) is 0 Å². The molecule has 0 radical (unpaired) electrons. The summed E-state index contributed by atoms with van der Waals surface area (Å²) in [6.07, 6.45) is 7.32. The number of benzene rings is 1. The van der Waals surface area contributed by atoms with E-state index in [1.165, 1.54) is 5.56 Å². The molecule has 1 aromatic carbocycles. The zero-order chi connectivity index (χ0) is 19.1. The van der Waals surface area contributed by atoms with Gasteiger partial charge >= 0.3 is 0 Å². The summed E-state index contributed by atoms with van der Waals surface area (Å²) in [6, 6.07) is 8.46. The lowest BCUT2D eigenvalue weighted by Gasteiger charge is -2.22. The zero-order valence-corrected chi connectivity index (χ0v) is 19.4. The van der Waals surface area contributed by atoms with Crippen molar-refractivity contribution < 1.29 is 4.74 Å². The number of imidazole rings is 1. The van der Waals surface area contributed by atoms with Crippen molar-refractivity contribution in [2.24, 2.45) is 4.99 Å². The summed E-state index contributed by atoms with van der Waals surface area (Å²) in [6.45, 7) is 6.08. The van der Waals surface area contributed by atoms with Gasteiger partial charge in [-0.2, -0.15) is 0 Å². The summed E-state index contributed by atoms with van der Waals surface area (Å²) >= 11 is 0. The van der Waals surface area contributed by atoms with Gasteiger partial charge in [0, 0.05) is 51.5 Å². The van der Waals surface area contributed by atoms with Crippen molar-refractivity contribution >= 4 is 29.9 Å². The first kappa shape index (κ1) is 22.5. The van der Waals surface area contributed by atoms with Crippen molar-refractivity contribution in [1.29, 1.82) is 0 Å². The number of ether oxygens (including phenoxy) is 1. The number of nitrogens with zero attached hydrogens (tertiary/aromatic N) is 4. The van der Waals surface area contributed by atoms with E-state index >= 15 is 0 Å². The number of hydrogen-bond donors (Lipinski definition) is 1. The van der Waals surface area contributed by atoms with Gasteiger partial charge in [-0.3, -0.25) is 4.99 Å². The van der Waals surface area contributed by atoms with Gasteiger partial charge in [0.15, 0.2) is 5.96 Å². The van der Waals surface area contributed by atoms with Gasteiger partial charge in [0.1, 0.15) is 11.6 Å². The van der Waals surface area contributed by atoms with Gasteiger partial charge in [-0.25, -0.2) is 4.98 Å². The van der Waals surface area contributed by atoms with E-state index in [0.717, 1.165) is 63.0 Å². The third kappa shape index (κ3) is 5.86. The lowest BCUT2D eigenvalue weighted by Crippen LogP contribution is -2.40. The first-order valence-electron chi connectivity index (χ1n) is 9.78. The number of aryl methyl sites for hydroxylation is 2. The fraction of sp³-hybridized carbons (Fsp3) is 0.524. The topological polar surface area (TPSA) is 54.7 Å². The molecule has 1 aliphatic rings. The number of nitrogens with one attached hydrogen (secondary N) is 1. The monoisotopic (exact) mass is 497 g/mol. The van der Waals surface area contributed by atoms with Crippen LogP contribution in [0.15, 0.2) is 41.7 Å². The molecule has 2 aromatic rings. The van der Waals surface area contributed by atoms with Gasteiger partial charge in [0.2, 0.25) is 0 Å². The van der Waals surface area contributed by atoms with Crippen molar-refractivity contribution in [3.8, 4) is 5.75 Å². The molecule has 1 unspecified atom stereocenters. The Bertz CT molecular complexity index is 744. The fourth-order valence-electron chi connectivity index (χ4n) is 3.68. The smallest absolute Gasteiger partial charge is 0.193 e. The van der Waals surface area contributed by atoms with E-state index in [9.17, 15) is 0 Å². The standard InChI is InChI=1S/C21H31N5O.HI/c1-17-23-12-15-25(17)13-5-4-11-24-21(22-2)26-14-10-19(16-26)18-6-8-20(27-3)9-7-18;/h6-9,12,15,19H,4-5,10-11,13-14,16H2,1-3H3,(H,22,24);1H. The largest absolute Gasteiger partial charge is 0.497 e. The molecule has 0 saturated carbocycles. The van der Waals surface area contributed by atoms with E-state index in [1.54, 1.807) is 7.11 Å². The Labute approximate surface area is 185 Å². The predicted molar refractivity (Wildman–Crippen MR) is 125 cm³/mol. The maximum Gasteiger partial charge on any atom is 0.193 e. The maximum atomic E-state index is 5.26. The summed E-state index contributed by atoms with van der Waals surface area (Å²) in [5, 5.41) is 3.53. The first-order chi connectivity index (χ1) is 13.2. The third-order valence-electron chi connectivity index (χ3n) is 5.32. The number of methoxy groups -OCH3 is 1. The lowest BCUT2D eigenvalue weighted by atomic mass is 9.98. The molecule has 1 saturated heterocycles. The fourth-order valence-corrected chi connectivity index (χ4v) is 3.68. The molecular weight excluding hydrogens is 465 g/mol. The molecule has 154 valence electrons. The second-order valence-corrected chi connectivity index (χ2v) is 7.05. The summed E-state index contributed by atoms with van der Waals surface area (Å²) < 4.78 is 7.46. The van der Waals surface area contributed by atoms with Gasteiger partial charge in [-0.05, 0) is 43.9 Å². The molecule has 1 aliphatic heterocycles. The van der Waals surface area contributed by atoms with E-state index in [4.69, 9.17) is 4.74 Å². The molecule has 2 heterocycles. The van der Waals surface area contributed by atoms with E-state index in [0.29, 0.717) is 5.92 Å². The molecule has 0 amide bonds. The highest BCUT2D eigenvalue weighted by Crippen LogP contribution is 2.28. The van der Waals surface area contributed by atoms with Gasteiger partial charge in [0.05, 0.1) is 7.11 Å². The van der Waals surface area contributed by atoms with E-state index in [1.807, 2.05) is 38.5 Å². The number of halogens is 1. The highest BCUT2D eigenvalue weighted by Gasteiger charge is 2.25. The minimum atomic E-state index is 0. The number of guanidine groups is 1. The molecule has 1 atom stereocenters. The quantitative estimate of drug-likeness (QED) is 0.275. The van der Waals surface area contributed by atoms with Crippen molar-refractivity contribution in [3.63, 3.8) is 0 Å². The van der Waals surface area contributed by atoms with Crippen LogP contribution in [0.5, 0.6) is 5.75 Å². The van der Waals surface area contributed by atoms with E-state index in [2.05, 4.69) is 36.9 Å². The van der Waals surface area contributed by atoms with Crippen LogP contribution in [0, 0.1) is 6.92 Å². The Morgan fingerprint density at radius 3 is 2.71 bits per heavy atom. The van der Waals surface area contributed by atoms with Crippen LogP contribution in [0.1, 0.15) is 36.6 Å². The summed E-state index contributed by atoms with van der Waals surface area (Å²) in [4.78, 5) is 11.1. The SMILES string of the molecule is CN=C(NCCCCn1ccnc1C)N1CCC(c2ccc(OC)cc2)C1.I. The normalized spacial score (nSPS) is 16.8. The molecule has 6 nitrogen and oxygen atoms in total. The van der Waals surface area contributed by atoms with Crippen LogP contribution in [-0.4, -0.2) is 54.2 Å². The van der Waals surface area contributed by atoms with Crippen LogP contribution >= 0.6 is 24.0 Å². The molecular formula is C21H32IN5O. The molecule has 3 rings (SSSR count). The van der Waals surface area contributed by atoms with Crippen LogP contribution in [0.3, 0.4) is 0 Å². The Kier molecular flexibility index (Phi) is 9.08. The highest BCUT2D eigenvalue weighted by atomic mass is 127. The second-order valence-electron chi connectivity index (χ2n) is 7.05. The summed E-state index contributed by atoms with van der Waals surface area (Å²) in [5.74, 6) is 3.57. The van der Waals surface area contributed by atoms with Crippen LogP contribution in [0.25, 0.3) is 0 Å². The number of aliphatic imine (C=N–C) groups is 1. The minimum Gasteiger partial charge on any atom is -0.497 e. The average molecular weight is 497 g/mol. The van der Waals surface area contributed by atoms with Crippen molar-refractivity contribution in [2.75, 3.05) is 33.8 Å². The Balaban J connectivity index is 0.00000280. The van der Waals surface area contributed by atoms with E-state index < -0.39 is 0 Å². The summed E-state index contributed by atoms with van der Waals surface area (Å²) in [5.41, 5.74) is 1.38. The van der Waals surface area contributed by atoms with Crippen LogP contribution in [-0.2, 0) is 6.54 Å². The average Bonchev–Trinajstić information content (AvgIpc) is 3.34. The number of rotatable bonds is 7. The van der Waals surface area contributed by atoms with Crippen molar-refractivity contribution in [1.82, 2.24) is 19.8 Å². The Hall–Kier alpha value is -1.77. The van der Waals surface area contributed by atoms with Gasteiger partial charge in [0.25, 0.3) is 0 Å². The molecule has 1 N–H and O–H groups in total. The number of hydrogen-bond acceptors (Lipinski definition) is 3. The third-order valence-corrected chi connectivity index (χ3v) is 5.32. The Morgan fingerprint density at radius 2 is 2.07 bits per heavy atom. The van der Waals surface area contributed by atoms with Crippen LogP contribution < -0.4 is 10.1 Å². The van der Waals surface area contributed by atoms with Gasteiger partial charge < -0.3 is 19.5 Å². The Morgan fingerprint density at radius 1 is 1.29 bits per heavy atom. The zero-order valence-electron chi connectivity index (χ0n) is 17.1. The highest BCUT2D eigenvalue weighted by molar-refractivity contribution is 14.0. The predicted octanol–water partition coefficient (Wildman–Crippen LogP) is 3.66. The van der Waals surface area contributed by atoms with Crippen LogP contribution in [0.2, 0.25) is 0 Å². The number of unbranched alkanes of at least 4 members (excludes halogenated alkanes) is 1. The molecule has 0 bridgehead atoms. The second kappa shape index (κ2) is 11.3. The molecule has 0 spiro atoms. The summed E-state index contributed by atoms with van der Waals surface area (Å²) in [7, 11) is 3.58. The lowest BCUT2D eigenvalue weighted by molar-refractivity contribution is 0.414. The molecule has 28 heavy (non-hydrogen) atoms. The van der Waals surface area contributed by atoms with Gasteiger partial charge in [-0.1, -0.05) is 12.1 Å².